The summed E-state index contributed by atoms with van der Waals surface area (Å²) in [6, 6.07) is 12.1. The molecular formula is C19H25N3OS. The van der Waals surface area contributed by atoms with Crippen LogP contribution in [-0.4, -0.2) is 19.6 Å². The van der Waals surface area contributed by atoms with E-state index in [1.54, 1.807) is 7.11 Å². The zero-order valence-corrected chi connectivity index (χ0v) is 14.9. The highest BCUT2D eigenvalue weighted by atomic mass is 32.1. The fraction of sp³-hybridized carbons (Fsp3) is 0.421. The zero-order valence-electron chi connectivity index (χ0n) is 14.1. The number of anilines is 1. The summed E-state index contributed by atoms with van der Waals surface area (Å²) in [7, 11) is 1.66. The number of nitrogens with zero attached hydrogens (tertiary/aromatic N) is 1. The first-order chi connectivity index (χ1) is 11.7. The number of guanidine groups is 1. The molecule has 0 saturated heterocycles. The summed E-state index contributed by atoms with van der Waals surface area (Å²) in [5, 5.41) is 5.33. The Bertz CT molecular complexity index is 676. The highest BCUT2D eigenvalue weighted by Crippen LogP contribution is 2.41. The van der Waals surface area contributed by atoms with Crippen LogP contribution in [-0.2, 0) is 5.41 Å². The first-order valence-corrected chi connectivity index (χ1v) is 9.35. The van der Waals surface area contributed by atoms with E-state index in [1.807, 2.05) is 35.6 Å². The summed E-state index contributed by atoms with van der Waals surface area (Å²) in [6.45, 7) is 0.746. The number of ether oxygens (including phenoxy) is 1. The lowest BCUT2D eigenvalue weighted by Crippen LogP contribution is -2.33. The third kappa shape index (κ3) is 3.90. The molecule has 0 aliphatic heterocycles. The van der Waals surface area contributed by atoms with Crippen LogP contribution in [0.3, 0.4) is 0 Å². The maximum Gasteiger partial charge on any atom is 0.193 e. The van der Waals surface area contributed by atoms with Gasteiger partial charge in [-0.2, -0.15) is 0 Å². The maximum atomic E-state index is 6.13. The maximum absolute atomic E-state index is 6.13. The molecule has 1 aliphatic rings. The standard InChI is InChI=1S/C19H25N3OS/c1-23-16-8-5-7-15(13-16)22-18(20)21-14-19(10-3-2-4-11-19)17-9-6-12-24-17/h5-9,12-13H,2-4,10-11,14H2,1H3,(H3,20,21,22). The van der Waals surface area contributed by atoms with Gasteiger partial charge in [-0.25, -0.2) is 0 Å². The Balaban J connectivity index is 1.72. The van der Waals surface area contributed by atoms with Crippen molar-refractivity contribution in [2.45, 2.75) is 37.5 Å². The van der Waals surface area contributed by atoms with Crippen LogP contribution in [0.1, 0.15) is 37.0 Å². The summed E-state index contributed by atoms with van der Waals surface area (Å²) in [4.78, 5) is 6.12. The van der Waals surface area contributed by atoms with Gasteiger partial charge in [0.05, 0.1) is 13.7 Å². The van der Waals surface area contributed by atoms with E-state index in [-0.39, 0.29) is 5.41 Å². The van der Waals surface area contributed by atoms with Gasteiger partial charge in [0.25, 0.3) is 0 Å². The molecular weight excluding hydrogens is 318 g/mol. The van der Waals surface area contributed by atoms with Gasteiger partial charge < -0.3 is 15.8 Å². The Morgan fingerprint density at radius 2 is 2.08 bits per heavy atom. The van der Waals surface area contributed by atoms with Crippen LogP contribution in [0.2, 0.25) is 0 Å². The number of nitrogens with one attached hydrogen (secondary N) is 1. The van der Waals surface area contributed by atoms with Crippen LogP contribution in [0.15, 0.2) is 46.8 Å². The molecule has 0 atom stereocenters. The van der Waals surface area contributed by atoms with E-state index in [1.165, 1.54) is 37.0 Å². The van der Waals surface area contributed by atoms with E-state index in [0.717, 1.165) is 18.0 Å². The fourth-order valence-corrected chi connectivity index (χ4v) is 4.40. The molecule has 1 aromatic heterocycles. The predicted octanol–water partition coefficient (Wildman–Crippen LogP) is 4.39. The number of hydrogen-bond donors (Lipinski definition) is 2. The largest absolute Gasteiger partial charge is 0.497 e. The average Bonchev–Trinajstić information content (AvgIpc) is 3.16. The van der Waals surface area contributed by atoms with Gasteiger partial charge in [0.15, 0.2) is 5.96 Å². The second-order valence-corrected chi connectivity index (χ2v) is 7.32. The SMILES string of the molecule is COc1cccc(NC(N)=NCC2(c3cccs3)CCCCC2)c1. The van der Waals surface area contributed by atoms with Gasteiger partial charge in [0.1, 0.15) is 5.75 Å². The van der Waals surface area contributed by atoms with E-state index in [9.17, 15) is 0 Å². The molecule has 0 amide bonds. The second kappa shape index (κ2) is 7.71. The molecule has 1 aromatic carbocycles. The van der Waals surface area contributed by atoms with Crippen LogP contribution < -0.4 is 15.8 Å². The molecule has 3 rings (SSSR count). The summed E-state index contributed by atoms with van der Waals surface area (Å²) >= 11 is 1.84. The molecule has 1 heterocycles. The summed E-state index contributed by atoms with van der Waals surface area (Å²) < 4.78 is 5.24. The highest BCUT2D eigenvalue weighted by molar-refractivity contribution is 7.10. The lowest BCUT2D eigenvalue weighted by atomic mass is 9.73. The molecule has 3 N–H and O–H groups in total. The average molecular weight is 343 g/mol. The zero-order chi connectivity index (χ0) is 16.8. The van der Waals surface area contributed by atoms with Gasteiger partial charge in [-0.05, 0) is 36.4 Å². The molecule has 0 spiro atoms. The van der Waals surface area contributed by atoms with Crippen molar-refractivity contribution in [2.75, 3.05) is 19.0 Å². The smallest absolute Gasteiger partial charge is 0.193 e. The van der Waals surface area contributed by atoms with Gasteiger partial charge in [-0.3, -0.25) is 4.99 Å². The Morgan fingerprint density at radius 3 is 2.79 bits per heavy atom. The van der Waals surface area contributed by atoms with Gasteiger partial charge in [-0.1, -0.05) is 31.4 Å². The molecule has 1 saturated carbocycles. The van der Waals surface area contributed by atoms with E-state index < -0.39 is 0 Å². The molecule has 1 fully saturated rings. The lowest BCUT2D eigenvalue weighted by molar-refractivity contribution is 0.307. The number of methoxy groups -OCH3 is 1. The molecule has 0 unspecified atom stereocenters. The predicted molar refractivity (Wildman–Crippen MR) is 102 cm³/mol. The molecule has 1 aliphatic carbocycles. The number of thiophene rings is 1. The first-order valence-electron chi connectivity index (χ1n) is 8.47. The summed E-state index contributed by atoms with van der Waals surface area (Å²) in [5.74, 6) is 1.26. The highest BCUT2D eigenvalue weighted by Gasteiger charge is 2.34. The number of rotatable bonds is 5. The van der Waals surface area contributed by atoms with Crippen LogP contribution in [0.4, 0.5) is 5.69 Å². The lowest BCUT2D eigenvalue weighted by Gasteiger charge is -2.35. The van der Waals surface area contributed by atoms with Crippen molar-refractivity contribution in [3.63, 3.8) is 0 Å². The Morgan fingerprint density at radius 1 is 1.25 bits per heavy atom. The molecule has 2 aromatic rings. The molecule has 5 heteroatoms. The number of hydrogen-bond acceptors (Lipinski definition) is 3. The Hall–Kier alpha value is -2.01. The van der Waals surface area contributed by atoms with Crippen LogP contribution in [0.25, 0.3) is 0 Å². The van der Waals surface area contributed by atoms with E-state index in [2.05, 4.69) is 27.8 Å². The number of nitrogens with two attached hydrogens (primary N) is 1. The minimum Gasteiger partial charge on any atom is -0.497 e. The molecule has 128 valence electrons. The summed E-state index contributed by atoms with van der Waals surface area (Å²) in [6.07, 6.45) is 6.27. The van der Waals surface area contributed by atoms with Gasteiger partial charge in [-0.15, -0.1) is 11.3 Å². The van der Waals surface area contributed by atoms with Crippen molar-refractivity contribution in [3.05, 3.63) is 46.7 Å². The van der Waals surface area contributed by atoms with Gasteiger partial charge in [0, 0.05) is 22.0 Å². The van der Waals surface area contributed by atoms with Crippen LogP contribution >= 0.6 is 11.3 Å². The number of benzene rings is 1. The second-order valence-electron chi connectivity index (χ2n) is 6.38. The van der Waals surface area contributed by atoms with E-state index in [4.69, 9.17) is 10.5 Å². The van der Waals surface area contributed by atoms with Crippen LogP contribution in [0, 0.1) is 0 Å². The van der Waals surface area contributed by atoms with Crippen molar-refractivity contribution < 1.29 is 4.74 Å². The molecule has 0 bridgehead atoms. The van der Waals surface area contributed by atoms with Crippen molar-refractivity contribution in [1.82, 2.24) is 0 Å². The Labute approximate surface area is 147 Å². The minimum absolute atomic E-state index is 0.160. The molecule has 0 radical (unpaired) electrons. The quantitative estimate of drug-likeness (QED) is 0.625. The van der Waals surface area contributed by atoms with Crippen molar-refractivity contribution in [2.24, 2.45) is 10.7 Å². The normalized spacial score (nSPS) is 17.5. The van der Waals surface area contributed by atoms with Crippen LogP contribution in [0.5, 0.6) is 5.75 Å². The molecule has 4 nitrogen and oxygen atoms in total. The minimum atomic E-state index is 0.160. The topological polar surface area (TPSA) is 59.6 Å². The summed E-state index contributed by atoms with van der Waals surface area (Å²) in [5.41, 5.74) is 7.18. The third-order valence-corrected chi connectivity index (χ3v) is 5.86. The Kier molecular flexibility index (Phi) is 5.41. The third-order valence-electron chi connectivity index (χ3n) is 4.75. The first kappa shape index (κ1) is 16.8. The monoisotopic (exact) mass is 343 g/mol. The van der Waals surface area contributed by atoms with Gasteiger partial charge >= 0.3 is 0 Å². The van der Waals surface area contributed by atoms with Crippen molar-refractivity contribution in [1.29, 1.82) is 0 Å². The van der Waals surface area contributed by atoms with E-state index in [0.29, 0.717) is 5.96 Å². The fourth-order valence-electron chi connectivity index (χ4n) is 3.42. The van der Waals surface area contributed by atoms with E-state index >= 15 is 0 Å². The molecule has 24 heavy (non-hydrogen) atoms. The van der Waals surface area contributed by atoms with Gasteiger partial charge in [0.2, 0.25) is 0 Å². The van der Waals surface area contributed by atoms with Crippen molar-refractivity contribution >= 4 is 23.0 Å². The number of aliphatic imine (C=N–C) groups is 1. The van der Waals surface area contributed by atoms with Crippen molar-refractivity contribution in [3.8, 4) is 5.75 Å².